The summed E-state index contributed by atoms with van der Waals surface area (Å²) in [6.45, 7) is 1.84. The predicted octanol–water partition coefficient (Wildman–Crippen LogP) is 3.77. The number of fused-ring (bicyclic) bond motifs is 1. The molecule has 3 aromatic rings. The van der Waals surface area contributed by atoms with Gasteiger partial charge in [0, 0.05) is 11.8 Å². The lowest BCUT2D eigenvalue weighted by Crippen LogP contribution is -1.97. The van der Waals surface area contributed by atoms with Crippen molar-refractivity contribution in [3.8, 4) is 11.5 Å². The van der Waals surface area contributed by atoms with E-state index in [-0.39, 0.29) is 11.5 Å². The number of hydrogen-bond donors (Lipinski definition) is 1. The normalized spacial score (nSPS) is 11.2. The van der Waals surface area contributed by atoms with E-state index in [2.05, 4.69) is 15.2 Å². The summed E-state index contributed by atoms with van der Waals surface area (Å²) in [5.74, 6) is 0.0506. The van der Waals surface area contributed by atoms with Crippen molar-refractivity contribution < 1.29 is 19.4 Å². The number of methoxy groups -OCH3 is 2. The molecule has 1 aromatic carbocycles. The van der Waals surface area contributed by atoms with Crippen molar-refractivity contribution in [1.29, 1.82) is 0 Å². The monoisotopic (exact) mass is 340 g/mol. The van der Waals surface area contributed by atoms with E-state index in [9.17, 15) is 9.90 Å². The van der Waals surface area contributed by atoms with Gasteiger partial charge in [-0.3, -0.25) is 4.40 Å². The third-order valence-electron chi connectivity index (χ3n) is 3.66. The van der Waals surface area contributed by atoms with Gasteiger partial charge < -0.3 is 14.6 Å². The van der Waals surface area contributed by atoms with E-state index in [4.69, 9.17) is 9.47 Å². The van der Waals surface area contributed by atoms with E-state index < -0.39 is 5.97 Å². The fourth-order valence-corrected chi connectivity index (χ4v) is 2.45. The highest BCUT2D eigenvalue weighted by Crippen LogP contribution is 2.33. The van der Waals surface area contributed by atoms with Crippen molar-refractivity contribution in [1.82, 2.24) is 9.38 Å². The molecule has 0 saturated carbocycles. The maximum Gasteiger partial charge on any atom is 0.358 e. The van der Waals surface area contributed by atoms with Gasteiger partial charge in [-0.1, -0.05) is 6.07 Å². The van der Waals surface area contributed by atoms with Crippen LogP contribution in [0.3, 0.4) is 0 Å². The Kier molecular flexibility index (Phi) is 4.34. The van der Waals surface area contributed by atoms with Gasteiger partial charge in [0.1, 0.15) is 22.8 Å². The SMILES string of the molecule is COc1ccc(OC)c(N=Nc2c(C(=O)O)nc3cccc(C)n23)c1. The molecular formula is C17H16N4O4. The van der Waals surface area contributed by atoms with E-state index in [0.29, 0.717) is 22.8 Å². The number of pyridine rings is 1. The molecule has 0 saturated heterocycles. The first-order chi connectivity index (χ1) is 12.0. The van der Waals surface area contributed by atoms with E-state index in [1.807, 2.05) is 13.0 Å². The maximum absolute atomic E-state index is 11.5. The van der Waals surface area contributed by atoms with Crippen LogP contribution in [0.2, 0.25) is 0 Å². The van der Waals surface area contributed by atoms with E-state index >= 15 is 0 Å². The lowest BCUT2D eigenvalue weighted by molar-refractivity contribution is 0.0692. The van der Waals surface area contributed by atoms with Gasteiger partial charge >= 0.3 is 5.97 Å². The van der Waals surface area contributed by atoms with Crippen molar-refractivity contribution >= 4 is 23.1 Å². The number of rotatable bonds is 5. The smallest absolute Gasteiger partial charge is 0.358 e. The maximum atomic E-state index is 11.5. The summed E-state index contributed by atoms with van der Waals surface area (Å²) in [6, 6.07) is 10.4. The summed E-state index contributed by atoms with van der Waals surface area (Å²) < 4.78 is 12.1. The van der Waals surface area contributed by atoms with Gasteiger partial charge in [0.05, 0.1) is 14.2 Å². The molecule has 0 amide bonds. The summed E-state index contributed by atoms with van der Waals surface area (Å²) in [5, 5.41) is 17.7. The quantitative estimate of drug-likeness (QED) is 0.713. The Bertz CT molecular complexity index is 978. The second-order valence-corrected chi connectivity index (χ2v) is 5.19. The summed E-state index contributed by atoms with van der Waals surface area (Å²) in [4.78, 5) is 15.6. The fraction of sp³-hybridized carbons (Fsp3) is 0.176. The largest absolute Gasteiger partial charge is 0.497 e. The Morgan fingerprint density at radius 3 is 2.64 bits per heavy atom. The van der Waals surface area contributed by atoms with Crippen molar-refractivity contribution in [2.45, 2.75) is 6.92 Å². The molecule has 0 bridgehead atoms. The van der Waals surface area contributed by atoms with E-state index in [0.717, 1.165) is 5.69 Å². The molecule has 25 heavy (non-hydrogen) atoms. The molecule has 2 aromatic heterocycles. The number of imidazole rings is 1. The van der Waals surface area contributed by atoms with Crippen molar-refractivity contribution in [2.24, 2.45) is 10.2 Å². The van der Waals surface area contributed by atoms with Gasteiger partial charge in [-0.25, -0.2) is 9.78 Å². The first-order valence-corrected chi connectivity index (χ1v) is 7.40. The van der Waals surface area contributed by atoms with Crippen molar-refractivity contribution in [3.63, 3.8) is 0 Å². The van der Waals surface area contributed by atoms with Gasteiger partial charge in [-0.15, -0.1) is 10.2 Å². The second kappa shape index (κ2) is 6.60. The summed E-state index contributed by atoms with van der Waals surface area (Å²) in [5.41, 5.74) is 1.54. The molecule has 0 aliphatic carbocycles. The molecule has 8 heteroatoms. The summed E-state index contributed by atoms with van der Waals surface area (Å²) in [7, 11) is 3.06. The second-order valence-electron chi connectivity index (χ2n) is 5.19. The number of carboxylic acids is 1. The van der Waals surface area contributed by atoms with Crippen LogP contribution >= 0.6 is 0 Å². The topological polar surface area (TPSA) is 97.8 Å². The van der Waals surface area contributed by atoms with Crippen LogP contribution in [0.5, 0.6) is 11.5 Å². The Labute approximate surface area is 143 Å². The van der Waals surface area contributed by atoms with Crippen LogP contribution in [0, 0.1) is 6.92 Å². The third kappa shape index (κ3) is 3.01. The molecule has 0 atom stereocenters. The van der Waals surface area contributed by atoms with Crippen LogP contribution in [0.4, 0.5) is 11.5 Å². The molecule has 1 N–H and O–H groups in total. The minimum Gasteiger partial charge on any atom is -0.497 e. The molecule has 3 rings (SSSR count). The van der Waals surface area contributed by atoms with Crippen LogP contribution in [-0.4, -0.2) is 34.7 Å². The molecule has 0 unspecified atom stereocenters. The summed E-state index contributed by atoms with van der Waals surface area (Å²) in [6.07, 6.45) is 0. The fourth-order valence-electron chi connectivity index (χ4n) is 2.45. The lowest BCUT2D eigenvalue weighted by atomic mass is 10.3. The number of carbonyl (C=O) groups is 1. The number of ether oxygens (including phenoxy) is 2. The highest BCUT2D eigenvalue weighted by atomic mass is 16.5. The standard InChI is InChI=1S/C17H16N4O4/c1-10-5-4-6-14-18-15(17(22)23)16(21(10)14)20-19-12-9-11(24-2)7-8-13(12)25-3/h4-9H,1-3H3,(H,22,23). The third-order valence-corrected chi connectivity index (χ3v) is 3.66. The average Bonchev–Trinajstić information content (AvgIpc) is 3.00. The highest BCUT2D eigenvalue weighted by Gasteiger charge is 2.19. The number of azo groups is 1. The van der Waals surface area contributed by atoms with Crippen LogP contribution in [0.1, 0.15) is 16.2 Å². The zero-order valence-corrected chi connectivity index (χ0v) is 13.9. The van der Waals surface area contributed by atoms with Gasteiger partial charge in [0.2, 0.25) is 0 Å². The molecular weight excluding hydrogens is 324 g/mol. The minimum atomic E-state index is -1.17. The Balaban J connectivity index is 2.16. The number of aromatic nitrogens is 2. The molecule has 2 heterocycles. The van der Waals surface area contributed by atoms with Crippen LogP contribution in [0.25, 0.3) is 5.65 Å². The zero-order valence-electron chi connectivity index (χ0n) is 13.9. The zero-order chi connectivity index (χ0) is 18.0. The Morgan fingerprint density at radius 2 is 1.96 bits per heavy atom. The first kappa shape index (κ1) is 16.4. The lowest BCUT2D eigenvalue weighted by Gasteiger charge is -2.06. The molecule has 0 radical (unpaired) electrons. The molecule has 0 aliphatic heterocycles. The van der Waals surface area contributed by atoms with Crippen LogP contribution in [0.15, 0.2) is 46.6 Å². The summed E-state index contributed by atoms with van der Waals surface area (Å²) >= 11 is 0. The molecule has 0 spiro atoms. The van der Waals surface area contributed by atoms with Crippen LogP contribution in [-0.2, 0) is 0 Å². The Hall–Kier alpha value is -3.42. The molecule has 128 valence electrons. The molecule has 0 aliphatic rings. The molecule has 0 fully saturated rings. The van der Waals surface area contributed by atoms with Crippen molar-refractivity contribution in [2.75, 3.05) is 14.2 Å². The van der Waals surface area contributed by atoms with Gasteiger partial charge in [0.15, 0.2) is 11.5 Å². The number of nitrogens with zero attached hydrogens (tertiary/aromatic N) is 4. The number of aryl methyl sites for hydroxylation is 1. The minimum absolute atomic E-state index is 0.144. The van der Waals surface area contributed by atoms with Gasteiger partial charge in [-0.2, -0.15) is 0 Å². The predicted molar refractivity (Wildman–Crippen MR) is 90.6 cm³/mol. The van der Waals surface area contributed by atoms with Gasteiger partial charge in [0.25, 0.3) is 0 Å². The van der Waals surface area contributed by atoms with Gasteiger partial charge in [-0.05, 0) is 31.2 Å². The number of carboxylic acid groups (broad SMARTS) is 1. The average molecular weight is 340 g/mol. The number of aromatic carboxylic acids is 1. The van der Waals surface area contributed by atoms with Crippen molar-refractivity contribution in [3.05, 3.63) is 47.8 Å². The highest BCUT2D eigenvalue weighted by molar-refractivity contribution is 5.91. The van der Waals surface area contributed by atoms with E-state index in [1.165, 1.54) is 7.11 Å². The number of hydrogen-bond acceptors (Lipinski definition) is 6. The van der Waals surface area contributed by atoms with E-state index in [1.54, 1.807) is 41.8 Å². The molecule has 8 nitrogen and oxygen atoms in total. The van der Waals surface area contributed by atoms with Crippen LogP contribution < -0.4 is 9.47 Å². The first-order valence-electron chi connectivity index (χ1n) is 7.40. The number of benzene rings is 1. The Morgan fingerprint density at radius 1 is 1.16 bits per heavy atom.